The summed E-state index contributed by atoms with van der Waals surface area (Å²) in [6, 6.07) is 18.6. The van der Waals surface area contributed by atoms with Crippen LogP contribution in [-0.4, -0.2) is 18.5 Å². The zero-order valence-corrected chi connectivity index (χ0v) is 19.5. The van der Waals surface area contributed by atoms with Crippen LogP contribution >= 0.6 is 23.2 Å². The van der Waals surface area contributed by atoms with Crippen LogP contribution in [-0.2, 0) is 10.2 Å². The summed E-state index contributed by atoms with van der Waals surface area (Å²) in [5.41, 5.74) is 1.66. The molecule has 0 radical (unpaired) electrons. The highest BCUT2D eigenvalue weighted by Gasteiger charge is 2.19. The molecule has 3 aromatic carbocycles. The van der Waals surface area contributed by atoms with E-state index in [2.05, 4.69) is 26.1 Å². The first-order chi connectivity index (χ1) is 15.1. The van der Waals surface area contributed by atoms with E-state index in [1.165, 1.54) is 12.1 Å². The number of para-hydroxylation sites is 1. The molecule has 0 aliphatic heterocycles. The summed E-state index contributed by atoms with van der Waals surface area (Å²) in [6.07, 6.45) is 0. The van der Waals surface area contributed by atoms with Gasteiger partial charge in [-0.2, -0.15) is 0 Å². The van der Waals surface area contributed by atoms with Gasteiger partial charge < -0.3 is 14.8 Å². The number of carbonyl (C=O) groups excluding carboxylic acids is 2. The SMILES string of the molecule is CC(C)(C)c1ccccc1OCC(=O)Oc1ccc(C(=O)Nc2cc(Cl)ccc2Cl)cc1. The minimum atomic E-state index is -0.545. The summed E-state index contributed by atoms with van der Waals surface area (Å²) in [7, 11) is 0. The molecular weight excluding hydrogens is 449 g/mol. The zero-order valence-electron chi connectivity index (χ0n) is 17.9. The van der Waals surface area contributed by atoms with Crippen molar-refractivity contribution in [2.24, 2.45) is 0 Å². The number of nitrogens with one attached hydrogen (secondary N) is 1. The first-order valence-electron chi connectivity index (χ1n) is 9.93. The van der Waals surface area contributed by atoms with Crippen molar-refractivity contribution < 1.29 is 19.1 Å². The third-order valence-electron chi connectivity index (χ3n) is 4.57. The lowest BCUT2D eigenvalue weighted by Crippen LogP contribution is -2.20. The van der Waals surface area contributed by atoms with E-state index in [1.807, 2.05) is 24.3 Å². The predicted octanol–water partition coefficient (Wildman–Crippen LogP) is 6.53. The molecule has 0 aromatic heterocycles. The van der Waals surface area contributed by atoms with E-state index in [1.54, 1.807) is 30.3 Å². The molecule has 0 atom stereocenters. The van der Waals surface area contributed by atoms with Crippen LogP contribution in [0.25, 0.3) is 0 Å². The molecule has 0 heterocycles. The molecule has 0 saturated carbocycles. The molecule has 1 amide bonds. The van der Waals surface area contributed by atoms with E-state index in [0.717, 1.165) is 5.56 Å². The van der Waals surface area contributed by atoms with Crippen LogP contribution in [0.3, 0.4) is 0 Å². The topological polar surface area (TPSA) is 64.6 Å². The summed E-state index contributed by atoms with van der Waals surface area (Å²) in [5, 5.41) is 3.53. The molecule has 0 unspecified atom stereocenters. The lowest BCUT2D eigenvalue weighted by atomic mass is 9.86. The van der Waals surface area contributed by atoms with Crippen LogP contribution in [0.2, 0.25) is 10.0 Å². The number of hydrogen-bond donors (Lipinski definition) is 1. The van der Waals surface area contributed by atoms with Crippen molar-refractivity contribution in [3.05, 3.63) is 87.9 Å². The van der Waals surface area contributed by atoms with Gasteiger partial charge in [0, 0.05) is 10.6 Å². The van der Waals surface area contributed by atoms with Gasteiger partial charge in [0.25, 0.3) is 5.91 Å². The molecule has 3 aromatic rings. The lowest BCUT2D eigenvalue weighted by Gasteiger charge is -2.22. The van der Waals surface area contributed by atoms with Crippen molar-refractivity contribution in [2.75, 3.05) is 11.9 Å². The molecule has 3 rings (SSSR count). The number of ether oxygens (including phenoxy) is 2. The van der Waals surface area contributed by atoms with Crippen LogP contribution in [0.5, 0.6) is 11.5 Å². The highest BCUT2D eigenvalue weighted by atomic mass is 35.5. The van der Waals surface area contributed by atoms with E-state index < -0.39 is 5.97 Å². The number of amides is 1. The third kappa shape index (κ3) is 6.25. The number of benzene rings is 3. The third-order valence-corrected chi connectivity index (χ3v) is 5.13. The molecule has 166 valence electrons. The molecule has 5 nitrogen and oxygen atoms in total. The summed E-state index contributed by atoms with van der Waals surface area (Å²) < 4.78 is 11.0. The summed E-state index contributed by atoms with van der Waals surface area (Å²) in [5.74, 6) is 0.0366. The molecule has 0 aliphatic carbocycles. The Morgan fingerprint density at radius 3 is 2.31 bits per heavy atom. The Labute approximate surface area is 197 Å². The number of halogens is 2. The van der Waals surface area contributed by atoms with Crippen molar-refractivity contribution in [1.82, 2.24) is 0 Å². The fourth-order valence-electron chi connectivity index (χ4n) is 2.97. The highest BCUT2D eigenvalue weighted by Crippen LogP contribution is 2.31. The van der Waals surface area contributed by atoms with Crippen molar-refractivity contribution >= 4 is 40.8 Å². The Morgan fingerprint density at radius 2 is 1.62 bits per heavy atom. The Balaban J connectivity index is 1.58. The largest absolute Gasteiger partial charge is 0.482 e. The van der Waals surface area contributed by atoms with Crippen LogP contribution in [0.1, 0.15) is 36.7 Å². The highest BCUT2D eigenvalue weighted by molar-refractivity contribution is 6.35. The van der Waals surface area contributed by atoms with E-state index in [0.29, 0.717) is 32.8 Å². The van der Waals surface area contributed by atoms with Gasteiger partial charge in [0.15, 0.2) is 6.61 Å². The van der Waals surface area contributed by atoms with Crippen LogP contribution in [0.15, 0.2) is 66.7 Å². The Bertz CT molecular complexity index is 1120. The van der Waals surface area contributed by atoms with Gasteiger partial charge in [-0.3, -0.25) is 4.79 Å². The summed E-state index contributed by atoms with van der Waals surface area (Å²) >= 11 is 12.0. The monoisotopic (exact) mass is 471 g/mol. The van der Waals surface area contributed by atoms with Gasteiger partial charge in [-0.1, -0.05) is 62.2 Å². The van der Waals surface area contributed by atoms with Crippen molar-refractivity contribution in [1.29, 1.82) is 0 Å². The summed E-state index contributed by atoms with van der Waals surface area (Å²) in [6.45, 7) is 5.99. The van der Waals surface area contributed by atoms with E-state index >= 15 is 0 Å². The fraction of sp³-hybridized carbons (Fsp3) is 0.200. The second kappa shape index (κ2) is 10.1. The minimum absolute atomic E-state index is 0.119. The van der Waals surface area contributed by atoms with E-state index in [4.69, 9.17) is 32.7 Å². The molecule has 32 heavy (non-hydrogen) atoms. The Hall–Kier alpha value is -3.02. The maximum Gasteiger partial charge on any atom is 0.349 e. The molecule has 1 N–H and O–H groups in total. The van der Waals surface area contributed by atoms with Crippen molar-refractivity contribution in [2.45, 2.75) is 26.2 Å². The molecule has 0 fully saturated rings. The molecule has 0 aliphatic rings. The number of carbonyl (C=O) groups is 2. The van der Waals surface area contributed by atoms with Gasteiger partial charge >= 0.3 is 5.97 Å². The number of anilines is 1. The standard InChI is InChI=1S/C25H23Cl2NO4/c1-25(2,3)19-6-4-5-7-22(19)31-15-23(29)32-18-11-8-16(9-12-18)24(30)28-21-14-17(26)10-13-20(21)27/h4-14H,15H2,1-3H3,(H,28,30). The second-order valence-electron chi connectivity index (χ2n) is 8.11. The molecule has 0 spiro atoms. The zero-order chi connectivity index (χ0) is 23.3. The average molecular weight is 472 g/mol. The Kier molecular flexibility index (Phi) is 7.44. The normalized spacial score (nSPS) is 11.0. The van der Waals surface area contributed by atoms with Crippen LogP contribution in [0.4, 0.5) is 5.69 Å². The smallest absolute Gasteiger partial charge is 0.349 e. The maximum atomic E-state index is 12.4. The first-order valence-corrected chi connectivity index (χ1v) is 10.7. The molecule has 0 bridgehead atoms. The van der Waals surface area contributed by atoms with Gasteiger partial charge in [-0.15, -0.1) is 0 Å². The number of esters is 1. The van der Waals surface area contributed by atoms with Crippen LogP contribution in [0, 0.1) is 0 Å². The number of rotatable bonds is 6. The van der Waals surface area contributed by atoms with Gasteiger partial charge in [0.2, 0.25) is 0 Å². The summed E-state index contributed by atoms with van der Waals surface area (Å²) in [4.78, 5) is 24.7. The minimum Gasteiger partial charge on any atom is -0.482 e. The van der Waals surface area contributed by atoms with Gasteiger partial charge in [-0.05, 0) is 59.5 Å². The predicted molar refractivity (Wildman–Crippen MR) is 127 cm³/mol. The van der Waals surface area contributed by atoms with Gasteiger partial charge in [0.1, 0.15) is 11.5 Å². The van der Waals surface area contributed by atoms with E-state index in [-0.39, 0.29) is 17.9 Å². The van der Waals surface area contributed by atoms with Gasteiger partial charge in [0.05, 0.1) is 10.7 Å². The molecule has 7 heteroatoms. The average Bonchev–Trinajstić information content (AvgIpc) is 2.75. The first kappa shape index (κ1) is 23.6. The van der Waals surface area contributed by atoms with E-state index in [9.17, 15) is 9.59 Å². The number of hydrogen-bond acceptors (Lipinski definition) is 4. The molecular formula is C25H23Cl2NO4. The molecule has 0 saturated heterocycles. The van der Waals surface area contributed by atoms with Crippen molar-refractivity contribution in [3.63, 3.8) is 0 Å². The fourth-order valence-corrected chi connectivity index (χ4v) is 3.31. The van der Waals surface area contributed by atoms with Gasteiger partial charge in [-0.25, -0.2) is 4.79 Å². The maximum absolute atomic E-state index is 12.4. The Morgan fingerprint density at radius 1 is 0.938 bits per heavy atom. The van der Waals surface area contributed by atoms with Crippen LogP contribution < -0.4 is 14.8 Å². The lowest BCUT2D eigenvalue weighted by molar-refractivity contribution is -0.136. The second-order valence-corrected chi connectivity index (χ2v) is 8.96. The van der Waals surface area contributed by atoms with Crippen molar-refractivity contribution in [3.8, 4) is 11.5 Å². The quantitative estimate of drug-likeness (QED) is 0.327.